The Labute approximate surface area is 208 Å². The molecule has 1 saturated carbocycles. The number of anilines is 2. The summed E-state index contributed by atoms with van der Waals surface area (Å²) in [6.45, 7) is -0.0114. The third kappa shape index (κ3) is 5.30. The summed E-state index contributed by atoms with van der Waals surface area (Å²) < 4.78 is 74.7. The van der Waals surface area contributed by atoms with Gasteiger partial charge in [-0.1, -0.05) is 17.7 Å². The van der Waals surface area contributed by atoms with E-state index in [1.807, 2.05) is 4.57 Å². The van der Waals surface area contributed by atoms with E-state index < -0.39 is 31.4 Å². The van der Waals surface area contributed by atoms with E-state index in [2.05, 4.69) is 10.1 Å². The number of nitrogen functional groups attached to an aromatic ring is 1. The molecule has 0 spiro atoms. The maximum Gasteiger partial charge on any atom is 0.425 e. The van der Waals surface area contributed by atoms with Gasteiger partial charge in [0, 0.05) is 23.1 Å². The number of hydrogen-bond acceptors (Lipinski definition) is 4. The molecule has 6 nitrogen and oxygen atoms in total. The molecule has 12 heteroatoms. The van der Waals surface area contributed by atoms with Crippen LogP contribution in [0, 0.1) is 0 Å². The third-order valence-electron chi connectivity index (χ3n) is 6.05. The van der Waals surface area contributed by atoms with Gasteiger partial charge in [-0.15, -0.1) is 0 Å². The van der Waals surface area contributed by atoms with Crippen molar-refractivity contribution in [3.8, 4) is 17.0 Å². The van der Waals surface area contributed by atoms with Crippen LogP contribution in [0.3, 0.4) is 0 Å². The first-order valence-corrected chi connectivity index (χ1v) is 11.5. The van der Waals surface area contributed by atoms with Crippen molar-refractivity contribution in [2.45, 2.75) is 50.9 Å². The number of nitrogens with two attached hydrogens (primary N) is 1. The molecule has 1 aliphatic carbocycles. The number of nitrogens with zero attached hydrogens (tertiary/aromatic N) is 1. The topological polar surface area (TPSA) is 78.5 Å². The number of carbonyl (C=O) groups is 1. The van der Waals surface area contributed by atoms with Gasteiger partial charge in [-0.25, -0.2) is 13.6 Å². The largest absolute Gasteiger partial charge is 0.488 e. The number of aromatic nitrogens is 1. The first kappa shape index (κ1) is 25.9. The van der Waals surface area contributed by atoms with Crippen molar-refractivity contribution in [3.05, 3.63) is 41.4 Å². The van der Waals surface area contributed by atoms with Gasteiger partial charge in [-0.2, -0.15) is 13.2 Å². The number of nitrogens with one attached hydrogen (secondary N) is 1. The van der Waals surface area contributed by atoms with Gasteiger partial charge in [0.1, 0.15) is 12.4 Å². The number of hydrogen-bond donors (Lipinski definition) is 2. The molecule has 1 unspecified atom stereocenters. The van der Waals surface area contributed by atoms with E-state index in [9.17, 15) is 26.7 Å². The maximum atomic E-state index is 12.6. The van der Waals surface area contributed by atoms with E-state index in [1.54, 1.807) is 24.3 Å². The van der Waals surface area contributed by atoms with Crippen LogP contribution in [0.4, 0.5) is 38.1 Å². The highest BCUT2D eigenvalue weighted by Crippen LogP contribution is 2.45. The predicted molar refractivity (Wildman–Crippen MR) is 127 cm³/mol. The fourth-order valence-electron chi connectivity index (χ4n) is 4.01. The Bertz CT molecular complexity index is 1270. The average molecular weight is 532 g/mol. The second kappa shape index (κ2) is 10.0. The van der Waals surface area contributed by atoms with Crippen LogP contribution >= 0.6 is 11.6 Å². The highest BCUT2D eigenvalue weighted by atomic mass is 35.5. The van der Waals surface area contributed by atoms with Gasteiger partial charge in [0.05, 0.1) is 27.6 Å². The summed E-state index contributed by atoms with van der Waals surface area (Å²) in [7, 11) is 0. The Balaban J connectivity index is 1.67. The van der Waals surface area contributed by atoms with Crippen LogP contribution in [0.2, 0.25) is 5.02 Å². The normalized spacial score (nSPS) is 15.1. The molecular formula is C24H23ClF5N3O3. The molecule has 2 aromatic carbocycles. The molecule has 1 heterocycles. The van der Waals surface area contributed by atoms with E-state index >= 15 is 0 Å². The van der Waals surface area contributed by atoms with Crippen molar-refractivity contribution in [2.75, 3.05) is 17.7 Å². The van der Waals surface area contributed by atoms with Gasteiger partial charge in [0.15, 0.2) is 6.10 Å². The molecule has 1 fully saturated rings. The lowest BCUT2D eigenvalue weighted by Gasteiger charge is -2.30. The molecule has 0 radical (unpaired) electrons. The molecular weight excluding hydrogens is 509 g/mol. The van der Waals surface area contributed by atoms with Crippen LogP contribution in [0.25, 0.3) is 22.2 Å². The number of carbonyl (C=O) groups excluding carboxylic acids is 1. The number of benzene rings is 2. The van der Waals surface area contributed by atoms with Crippen LogP contribution in [-0.2, 0) is 4.74 Å². The molecule has 1 amide bonds. The molecule has 1 aliphatic rings. The van der Waals surface area contributed by atoms with Crippen molar-refractivity contribution < 1.29 is 36.2 Å². The molecule has 0 aliphatic heterocycles. The van der Waals surface area contributed by atoms with E-state index in [0.29, 0.717) is 22.3 Å². The minimum atomic E-state index is -4.69. The van der Waals surface area contributed by atoms with Gasteiger partial charge in [-0.05, 0) is 50.5 Å². The van der Waals surface area contributed by atoms with Gasteiger partial charge >= 0.3 is 12.3 Å². The van der Waals surface area contributed by atoms with Gasteiger partial charge in [-0.3, -0.25) is 5.32 Å². The first-order valence-electron chi connectivity index (χ1n) is 11.1. The number of fused-ring (bicyclic) bond motifs is 1. The van der Waals surface area contributed by atoms with E-state index in [4.69, 9.17) is 22.1 Å². The van der Waals surface area contributed by atoms with Crippen LogP contribution in [0.1, 0.15) is 32.2 Å². The Morgan fingerprint density at radius 3 is 2.53 bits per heavy atom. The molecule has 1 atom stereocenters. The summed E-state index contributed by atoms with van der Waals surface area (Å²) in [6, 6.07) is 9.69. The van der Waals surface area contributed by atoms with Gasteiger partial charge < -0.3 is 19.8 Å². The predicted octanol–water partition coefficient (Wildman–Crippen LogP) is 7.41. The summed E-state index contributed by atoms with van der Waals surface area (Å²) in [5.74, 6) is 0.289. The zero-order chi connectivity index (χ0) is 26.2. The number of amides is 1. The van der Waals surface area contributed by atoms with E-state index in [0.717, 1.165) is 31.7 Å². The average Bonchev–Trinajstić information content (AvgIpc) is 3.03. The molecule has 0 bridgehead atoms. The van der Waals surface area contributed by atoms with Crippen LogP contribution < -0.4 is 15.8 Å². The quantitative estimate of drug-likeness (QED) is 0.311. The monoisotopic (exact) mass is 531 g/mol. The Morgan fingerprint density at radius 2 is 1.94 bits per heavy atom. The molecule has 3 N–H and O–H groups in total. The minimum Gasteiger partial charge on any atom is -0.488 e. The van der Waals surface area contributed by atoms with Crippen molar-refractivity contribution in [2.24, 2.45) is 0 Å². The highest BCUT2D eigenvalue weighted by Gasteiger charge is 2.39. The Kier molecular flexibility index (Phi) is 7.21. The molecule has 0 saturated heterocycles. The van der Waals surface area contributed by atoms with Crippen LogP contribution in [-0.4, -0.2) is 36.0 Å². The smallest absolute Gasteiger partial charge is 0.425 e. The highest BCUT2D eigenvalue weighted by molar-refractivity contribution is 6.34. The summed E-state index contributed by atoms with van der Waals surface area (Å²) in [6.07, 6.45) is -8.07. The molecule has 36 heavy (non-hydrogen) atoms. The van der Waals surface area contributed by atoms with Crippen molar-refractivity contribution in [1.29, 1.82) is 0 Å². The van der Waals surface area contributed by atoms with Crippen molar-refractivity contribution >= 4 is 40.0 Å². The lowest BCUT2D eigenvalue weighted by Crippen LogP contribution is -2.32. The lowest BCUT2D eigenvalue weighted by molar-refractivity contribution is -0.196. The fourth-order valence-corrected chi connectivity index (χ4v) is 4.24. The summed E-state index contributed by atoms with van der Waals surface area (Å²) in [4.78, 5) is 11.9. The van der Waals surface area contributed by atoms with Crippen LogP contribution in [0.15, 0.2) is 36.4 Å². The SMILES string of the molecule is CC(OC(=O)Nc1ccc(-c2c(N)c3ccc(OCC(F)F)cc3n2C2CCC2)cc1Cl)C(F)(F)F. The second-order valence-corrected chi connectivity index (χ2v) is 8.91. The van der Waals surface area contributed by atoms with E-state index in [-0.39, 0.29) is 22.5 Å². The summed E-state index contributed by atoms with van der Waals surface area (Å²) in [5, 5.41) is 2.99. The molecule has 194 valence electrons. The summed E-state index contributed by atoms with van der Waals surface area (Å²) >= 11 is 6.34. The number of halogens is 6. The van der Waals surface area contributed by atoms with Crippen molar-refractivity contribution in [1.82, 2.24) is 4.57 Å². The minimum absolute atomic E-state index is 0.0624. The zero-order valence-corrected chi connectivity index (χ0v) is 19.8. The number of ether oxygens (including phenoxy) is 2. The van der Waals surface area contributed by atoms with E-state index in [1.165, 1.54) is 12.1 Å². The maximum absolute atomic E-state index is 12.6. The molecule has 1 aromatic heterocycles. The van der Waals surface area contributed by atoms with Crippen molar-refractivity contribution in [3.63, 3.8) is 0 Å². The molecule has 4 rings (SSSR count). The van der Waals surface area contributed by atoms with Gasteiger partial charge in [0.2, 0.25) is 0 Å². The zero-order valence-electron chi connectivity index (χ0n) is 19.0. The van der Waals surface area contributed by atoms with Gasteiger partial charge in [0.25, 0.3) is 6.43 Å². The number of rotatable bonds is 7. The Morgan fingerprint density at radius 1 is 1.22 bits per heavy atom. The van der Waals surface area contributed by atoms with Crippen LogP contribution in [0.5, 0.6) is 5.75 Å². The Hall–Kier alpha value is -3.21. The summed E-state index contributed by atoms with van der Waals surface area (Å²) in [5.41, 5.74) is 9.01. The second-order valence-electron chi connectivity index (χ2n) is 8.51. The number of alkyl halides is 5. The third-order valence-corrected chi connectivity index (χ3v) is 6.37. The molecule has 3 aromatic rings. The lowest BCUT2D eigenvalue weighted by atomic mass is 9.92. The fraction of sp³-hybridized carbons (Fsp3) is 0.375. The standard InChI is InChI=1S/C24H23ClF5N3O3/c1-12(24(28,29)30)36-23(34)32-18-8-5-13(9-17(18)25)22-21(31)16-7-6-15(35-11-20(26)27)10-19(16)33(22)14-3-2-4-14/h5-10,12,14,20H,2-4,11,31H2,1H3,(H,32,34). The first-order chi connectivity index (χ1) is 17.0.